The lowest BCUT2D eigenvalue weighted by atomic mass is 9.33. The number of ketones is 2. The maximum absolute atomic E-state index is 14.0. The molecule has 0 radical (unpaired) electrons. The molecular formula is C47H64ClNO7. The second-order valence-corrected chi connectivity index (χ2v) is 21.5. The molecule has 6 aliphatic rings. The number of nitrogens with one attached hydrogen (secondary N) is 1. The van der Waals surface area contributed by atoms with Crippen LogP contribution in [0, 0.1) is 68.0 Å². The van der Waals surface area contributed by atoms with Crippen molar-refractivity contribution in [1.82, 2.24) is 5.32 Å². The van der Waals surface area contributed by atoms with Crippen molar-refractivity contribution in [2.45, 2.75) is 139 Å². The number of amides is 1. The number of rotatable bonds is 9. The molecule has 0 bridgehead atoms. The molecule has 0 aromatic heterocycles. The molecule has 1 aromatic carbocycles. The predicted molar refractivity (Wildman–Crippen MR) is 216 cm³/mol. The van der Waals surface area contributed by atoms with Crippen LogP contribution in [0.2, 0.25) is 5.02 Å². The van der Waals surface area contributed by atoms with Gasteiger partial charge in [-0.3, -0.25) is 24.0 Å². The molecule has 2 N–H and O–H groups in total. The molecule has 7 rings (SSSR count). The number of halogens is 1. The number of carbonyl (C=O) groups excluding carboxylic acids is 4. The summed E-state index contributed by atoms with van der Waals surface area (Å²) in [6.45, 7) is 20.6. The van der Waals surface area contributed by atoms with Gasteiger partial charge in [0.25, 0.3) is 5.91 Å². The number of allylic oxidation sites excluding steroid dienone is 2. The first-order valence-electron chi connectivity index (χ1n) is 21.3. The van der Waals surface area contributed by atoms with Gasteiger partial charge in [-0.05, 0) is 139 Å². The minimum Gasteiger partial charge on any atom is -0.481 e. The number of benzene rings is 1. The van der Waals surface area contributed by atoms with Crippen molar-refractivity contribution >= 4 is 41.0 Å². The van der Waals surface area contributed by atoms with Crippen LogP contribution in [0.5, 0.6) is 0 Å². The van der Waals surface area contributed by atoms with E-state index in [-0.39, 0.29) is 56.8 Å². The Morgan fingerprint density at radius 2 is 1.52 bits per heavy atom. The summed E-state index contributed by atoms with van der Waals surface area (Å²) in [7, 11) is 0. The molecule has 10 atom stereocenters. The van der Waals surface area contributed by atoms with E-state index < -0.39 is 34.9 Å². The van der Waals surface area contributed by atoms with E-state index >= 15 is 0 Å². The number of fused-ring (bicyclic) bond motifs is 7. The van der Waals surface area contributed by atoms with Gasteiger partial charge in [0.05, 0.1) is 11.8 Å². The Morgan fingerprint density at radius 3 is 2.14 bits per heavy atom. The monoisotopic (exact) mass is 789 g/mol. The molecule has 0 spiro atoms. The number of aliphatic carboxylic acids is 1. The highest BCUT2D eigenvalue weighted by Crippen LogP contribution is 2.77. The smallest absolute Gasteiger partial charge is 0.309 e. The standard InChI is InChI=1S/C47H64ClNO7/c1-26(2)36-32(50)25-47(22-23-49-39(52)38(51)27-10-12-28(48)13-11-27)21-20-45(8)29(37(36)47)14-15-34-44(7)18-17-35(43(5,6)33(44)16-19-46(34,45)9)56-41(55)31-24-30(40(53)54)42(31,3)4/h10-13,26,29-31,33-35H,14-25H2,1-9H3,(H,49,52)(H,53,54)/t29-,30+,31-,33+,34-,35+,44+,45-,46-,47-/m1/s1. The van der Waals surface area contributed by atoms with Gasteiger partial charge in [-0.2, -0.15) is 0 Å². The van der Waals surface area contributed by atoms with Crippen molar-refractivity contribution in [3.05, 3.63) is 46.0 Å². The first kappa shape index (κ1) is 41.2. The first-order chi connectivity index (χ1) is 26.0. The van der Waals surface area contributed by atoms with E-state index in [1.165, 1.54) is 5.57 Å². The Labute approximate surface area is 338 Å². The van der Waals surface area contributed by atoms with Gasteiger partial charge in [-0.25, -0.2) is 0 Å². The Balaban J connectivity index is 1.10. The fraction of sp³-hybridized carbons (Fsp3) is 0.723. The Bertz CT molecular complexity index is 1860. The molecule has 56 heavy (non-hydrogen) atoms. The summed E-state index contributed by atoms with van der Waals surface area (Å²) in [5.41, 5.74) is 1.62. The zero-order valence-corrected chi connectivity index (χ0v) is 35.9. The maximum Gasteiger partial charge on any atom is 0.309 e. The summed E-state index contributed by atoms with van der Waals surface area (Å²) in [4.78, 5) is 65.4. The predicted octanol–water partition coefficient (Wildman–Crippen LogP) is 9.67. The third-order valence-corrected chi connectivity index (χ3v) is 18.1. The van der Waals surface area contributed by atoms with Crippen LogP contribution in [0.25, 0.3) is 0 Å². The van der Waals surface area contributed by atoms with Gasteiger partial charge in [0.2, 0.25) is 5.78 Å². The number of carbonyl (C=O) groups is 5. The van der Waals surface area contributed by atoms with E-state index in [0.29, 0.717) is 48.2 Å². The molecule has 1 aromatic rings. The number of carboxylic acids is 1. The highest BCUT2D eigenvalue weighted by molar-refractivity contribution is 6.43. The SMILES string of the molecule is CC(C)C1=C2[C@H]3CC[C@@H]4[C@@]5(C)CC[C@H](OC(=O)[C@H]6C[C@@H](C(=O)O)C6(C)C)C(C)(C)[C@@H]5CC[C@@]4(C)[C@]3(C)CC[C@@]2(CCNC(=O)C(=O)c2ccc(Cl)cc2)CC1=O. The highest BCUT2D eigenvalue weighted by Gasteiger charge is 2.70. The molecule has 5 fully saturated rings. The summed E-state index contributed by atoms with van der Waals surface area (Å²) in [5.74, 6) is -1.70. The zero-order valence-electron chi connectivity index (χ0n) is 35.1. The van der Waals surface area contributed by atoms with Crippen LogP contribution in [0.4, 0.5) is 0 Å². The van der Waals surface area contributed by atoms with E-state index in [4.69, 9.17) is 16.3 Å². The second-order valence-electron chi connectivity index (χ2n) is 21.1. The van der Waals surface area contributed by atoms with Crippen molar-refractivity contribution in [2.24, 2.45) is 68.0 Å². The van der Waals surface area contributed by atoms with Gasteiger partial charge >= 0.3 is 11.9 Å². The lowest BCUT2D eigenvalue weighted by Gasteiger charge is -2.72. The van der Waals surface area contributed by atoms with Crippen molar-refractivity contribution in [1.29, 1.82) is 0 Å². The lowest BCUT2D eigenvalue weighted by Crippen LogP contribution is -2.66. The van der Waals surface area contributed by atoms with E-state index in [2.05, 4.69) is 53.8 Å². The summed E-state index contributed by atoms with van der Waals surface area (Å²) in [6, 6.07) is 6.35. The van der Waals surface area contributed by atoms with Gasteiger partial charge in [0.1, 0.15) is 6.10 Å². The molecule has 306 valence electrons. The van der Waals surface area contributed by atoms with Crippen molar-refractivity contribution in [2.75, 3.05) is 6.54 Å². The summed E-state index contributed by atoms with van der Waals surface area (Å²) >= 11 is 6.00. The number of Topliss-reactive ketones (excluding diaryl/α,β-unsaturated/α-hetero) is 2. The first-order valence-corrected chi connectivity index (χ1v) is 21.7. The van der Waals surface area contributed by atoms with Crippen LogP contribution < -0.4 is 5.32 Å². The van der Waals surface area contributed by atoms with Crippen LogP contribution >= 0.6 is 11.6 Å². The highest BCUT2D eigenvalue weighted by atomic mass is 35.5. The third kappa shape index (κ3) is 5.98. The average Bonchev–Trinajstić information content (AvgIpc) is 3.41. The minimum absolute atomic E-state index is 0.00870. The summed E-state index contributed by atoms with van der Waals surface area (Å²) < 4.78 is 6.40. The molecule has 5 saturated carbocycles. The number of carboxylic acid groups (broad SMARTS) is 1. The molecule has 0 saturated heterocycles. The topological polar surface area (TPSA) is 127 Å². The van der Waals surface area contributed by atoms with Crippen LogP contribution in [0.15, 0.2) is 35.4 Å². The number of hydrogen-bond acceptors (Lipinski definition) is 6. The molecule has 0 heterocycles. The maximum atomic E-state index is 14.0. The molecule has 1 amide bonds. The summed E-state index contributed by atoms with van der Waals surface area (Å²) in [6.07, 6.45) is 9.21. The fourth-order valence-electron chi connectivity index (χ4n) is 14.4. The molecular weight excluding hydrogens is 726 g/mol. The molecule has 0 unspecified atom stereocenters. The van der Waals surface area contributed by atoms with Gasteiger partial charge in [-0.15, -0.1) is 0 Å². The van der Waals surface area contributed by atoms with E-state index in [1.807, 2.05) is 13.8 Å². The largest absolute Gasteiger partial charge is 0.481 e. The van der Waals surface area contributed by atoms with Crippen LogP contribution in [0.1, 0.15) is 143 Å². The van der Waals surface area contributed by atoms with E-state index in [0.717, 1.165) is 56.9 Å². The number of ether oxygens (including phenoxy) is 1. The van der Waals surface area contributed by atoms with Crippen LogP contribution in [-0.4, -0.2) is 47.2 Å². The average molecular weight is 790 g/mol. The van der Waals surface area contributed by atoms with Crippen LogP contribution in [-0.2, 0) is 23.9 Å². The lowest BCUT2D eigenvalue weighted by molar-refractivity contribution is -0.236. The Hall–Kier alpha value is -3.00. The van der Waals surface area contributed by atoms with E-state index in [9.17, 15) is 29.1 Å². The normalized spacial score (nSPS) is 39.4. The van der Waals surface area contributed by atoms with Gasteiger partial charge in [0, 0.05) is 34.4 Å². The Kier molecular flexibility index (Phi) is 10.1. The van der Waals surface area contributed by atoms with Crippen molar-refractivity contribution < 1.29 is 33.8 Å². The quantitative estimate of drug-likeness (QED) is 0.145. The second kappa shape index (κ2) is 13.8. The number of esters is 1. The van der Waals surface area contributed by atoms with E-state index in [1.54, 1.807) is 24.3 Å². The summed E-state index contributed by atoms with van der Waals surface area (Å²) in [5, 5.41) is 13.1. The molecule has 9 heteroatoms. The molecule has 8 nitrogen and oxygen atoms in total. The van der Waals surface area contributed by atoms with Gasteiger partial charge < -0.3 is 15.2 Å². The fourth-order valence-corrected chi connectivity index (χ4v) is 14.6. The minimum atomic E-state index is -0.839. The van der Waals surface area contributed by atoms with Crippen molar-refractivity contribution in [3.8, 4) is 0 Å². The zero-order chi connectivity index (χ0) is 41.0. The van der Waals surface area contributed by atoms with Crippen LogP contribution in [0.3, 0.4) is 0 Å². The molecule has 6 aliphatic carbocycles. The van der Waals surface area contributed by atoms with Gasteiger partial charge in [-0.1, -0.05) is 79.5 Å². The number of hydrogen-bond donors (Lipinski definition) is 2. The van der Waals surface area contributed by atoms with Crippen molar-refractivity contribution in [3.63, 3.8) is 0 Å². The third-order valence-electron chi connectivity index (χ3n) is 17.8. The molecule has 0 aliphatic heterocycles. The Morgan fingerprint density at radius 1 is 0.839 bits per heavy atom. The van der Waals surface area contributed by atoms with Gasteiger partial charge in [0.15, 0.2) is 5.78 Å².